The SMILES string of the molecule is N#Cc1ccc2c(c1)CN(CCC1CCC(NC(=O)/C=C/c3ccccc3C#N)CC1)C2. The van der Waals surface area contributed by atoms with Gasteiger partial charge in [-0.25, -0.2) is 0 Å². The molecule has 32 heavy (non-hydrogen) atoms. The molecule has 0 saturated heterocycles. The number of carbonyl (C=O) groups excluding carboxylic acids is 1. The molecule has 2 aromatic rings. The van der Waals surface area contributed by atoms with Gasteiger partial charge in [-0.15, -0.1) is 0 Å². The van der Waals surface area contributed by atoms with Crippen LogP contribution in [0.4, 0.5) is 0 Å². The molecule has 1 heterocycles. The van der Waals surface area contributed by atoms with Gasteiger partial charge in [0, 0.05) is 25.2 Å². The molecule has 5 nitrogen and oxygen atoms in total. The van der Waals surface area contributed by atoms with E-state index >= 15 is 0 Å². The molecule has 1 saturated carbocycles. The van der Waals surface area contributed by atoms with Crippen molar-refractivity contribution in [3.8, 4) is 12.1 Å². The summed E-state index contributed by atoms with van der Waals surface area (Å²) in [4.78, 5) is 14.8. The monoisotopic (exact) mass is 424 g/mol. The summed E-state index contributed by atoms with van der Waals surface area (Å²) in [5.74, 6) is 0.618. The van der Waals surface area contributed by atoms with Crippen molar-refractivity contribution in [1.29, 1.82) is 10.5 Å². The molecule has 0 bridgehead atoms. The third kappa shape index (κ3) is 5.44. The van der Waals surface area contributed by atoms with Crippen LogP contribution in [-0.4, -0.2) is 23.4 Å². The van der Waals surface area contributed by atoms with E-state index in [0.29, 0.717) is 11.5 Å². The zero-order valence-electron chi connectivity index (χ0n) is 18.3. The molecule has 2 aliphatic rings. The van der Waals surface area contributed by atoms with Gasteiger partial charge in [0.15, 0.2) is 0 Å². The largest absolute Gasteiger partial charge is 0.350 e. The molecular weight excluding hydrogens is 396 g/mol. The maximum Gasteiger partial charge on any atom is 0.244 e. The molecule has 1 amide bonds. The van der Waals surface area contributed by atoms with E-state index in [4.69, 9.17) is 10.5 Å². The van der Waals surface area contributed by atoms with Gasteiger partial charge in [0.1, 0.15) is 0 Å². The van der Waals surface area contributed by atoms with E-state index in [9.17, 15) is 4.79 Å². The summed E-state index contributed by atoms with van der Waals surface area (Å²) in [6.45, 7) is 3.00. The first-order chi connectivity index (χ1) is 15.6. The summed E-state index contributed by atoms with van der Waals surface area (Å²) < 4.78 is 0. The number of carbonyl (C=O) groups is 1. The van der Waals surface area contributed by atoms with Crippen molar-refractivity contribution in [2.45, 2.75) is 51.2 Å². The lowest BCUT2D eigenvalue weighted by Crippen LogP contribution is -2.37. The minimum atomic E-state index is -0.0900. The van der Waals surface area contributed by atoms with Crippen molar-refractivity contribution in [1.82, 2.24) is 10.2 Å². The van der Waals surface area contributed by atoms with Crippen LogP contribution >= 0.6 is 0 Å². The Kier molecular flexibility index (Phi) is 7.00. The summed E-state index contributed by atoms with van der Waals surface area (Å²) in [5.41, 5.74) is 4.72. The predicted octanol–water partition coefficient (Wildman–Crippen LogP) is 4.52. The number of rotatable bonds is 6. The Morgan fingerprint density at radius 3 is 2.59 bits per heavy atom. The number of nitriles is 2. The minimum Gasteiger partial charge on any atom is -0.350 e. The van der Waals surface area contributed by atoms with Crippen LogP contribution in [0.1, 0.15) is 59.9 Å². The molecule has 4 rings (SSSR count). The Hall–Kier alpha value is -3.41. The molecule has 0 atom stereocenters. The highest BCUT2D eigenvalue weighted by atomic mass is 16.1. The van der Waals surface area contributed by atoms with Crippen molar-refractivity contribution in [3.05, 3.63) is 76.4 Å². The van der Waals surface area contributed by atoms with Crippen molar-refractivity contribution in [2.24, 2.45) is 5.92 Å². The van der Waals surface area contributed by atoms with Gasteiger partial charge in [-0.1, -0.05) is 24.3 Å². The zero-order chi connectivity index (χ0) is 22.3. The average Bonchev–Trinajstić information content (AvgIpc) is 3.24. The first-order valence-corrected chi connectivity index (χ1v) is 11.4. The van der Waals surface area contributed by atoms with E-state index in [0.717, 1.165) is 56.4 Å². The van der Waals surface area contributed by atoms with Crippen molar-refractivity contribution < 1.29 is 4.79 Å². The molecule has 1 N–H and O–H groups in total. The van der Waals surface area contributed by atoms with Crippen molar-refractivity contribution >= 4 is 12.0 Å². The fraction of sp³-hybridized carbons (Fsp3) is 0.370. The summed E-state index contributed by atoms with van der Waals surface area (Å²) in [6.07, 6.45) is 8.76. The Labute approximate surface area is 190 Å². The maximum atomic E-state index is 12.3. The second-order valence-corrected chi connectivity index (χ2v) is 8.85. The second kappa shape index (κ2) is 10.3. The highest BCUT2D eigenvalue weighted by Gasteiger charge is 2.24. The number of nitrogens with one attached hydrogen (secondary N) is 1. The van der Waals surface area contributed by atoms with Gasteiger partial charge in [0.25, 0.3) is 0 Å². The first kappa shape index (κ1) is 21.8. The number of benzene rings is 2. The third-order valence-electron chi connectivity index (χ3n) is 6.67. The van der Waals surface area contributed by atoms with Crippen LogP contribution in [-0.2, 0) is 17.9 Å². The molecule has 0 aromatic heterocycles. The highest BCUT2D eigenvalue weighted by molar-refractivity contribution is 5.92. The Balaban J connectivity index is 1.18. The molecule has 1 aliphatic carbocycles. The Morgan fingerprint density at radius 1 is 1.03 bits per heavy atom. The van der Waals surface area contributed by atoms with Crippen LogP contribution in [0.25, 0.3) is 6.08 Å². The molecule has 1 aliphatic heterocycles. The number of hydrogen-bond acceptors (Lipinski definition) is 4. The molecule has 0 spiro atoms. The molecule has 0 unspecified atom stereocenters. The average molecular weight is 425 g/mol. The van der Waals surface area contributed by atoms with Crippen LogP contribution in [0.2, 0.25) is 0 Å². The van der Waals surface area contributed by atoms with Gasteiger partial charge in [-0.2, -0.15) is 10.5 Å². The standard InChI is InChI=1S/C27H28N4O/c28-16-21-5-8-24-18-31(19-25(24)15-21)14-13-20-6-10-26(11-7-20)30-27(32)12-9-22-3-1-2-4-23(22)17-29/h1-5,8-9,12,15,20,26H,6-7,10-11,13-14,18-19H2,(H,30,32)/b12-9+. The maximum absolute atomic E-state index is 12.3. The highest BCUT2D eigenvalue weighted by Crippen LogP contribution is 2.29. The van der Waals surface area contributed by atoms with Gasteiger partial charge in [-0.3, -0.25) is 9.69 Å². The van der Waals surface area contributed by atoms with Crippen LogP contribution < -0.4 is 5.32 Å². The topological polar surface area (TPSA) is 79.9 Å². The first-order valence-electron chi connectivity index (χ1n) is 11.4. The van der Waals surface area contributed by atoms with E-state index in [1.165, 1.54) is 23.6 Å². The van der Waals surface area contributed by atoms with Crippen LogP contribution in [0, 0.1) is 28.6 Å². The summed E-state index contributed by atoms with van der Waals surface area (Å²) in [6, 6.07) is 17.9. The molecule has 5 heteroatoms. The number of amides is 1. The van der Waals surface area contributed by atoms with Gasteiger partial charge < -0.3 is 5.32 Å². The molecular formula is C27H28N4O. The molecule has 1 fully saturated rings. The smallest absolute Gasteiger partial charge is 0.244 e. The van der Waals surface area contributed by atoms with Gasteiger partial charge >= 0.3 is 0 Å². The Morgan fingerprint density at radius 2 is 1.81 bits per heavy atom. The predicted molar refractivity (Wildman–Crippen MR) is 124 cm³/mol. The summed E-state index contributed by atoms with van der Waals surface area (Å²) >= 11 is 0. The molecule has 0 radical (unpaired) electrons. The van der Waals surface area contributed by atoms with E-state index < -0.39 is 0 Å². The normalized spacial score (nSPS) is 20.4. The number of hydrogen-bond donors (Lipinski definition) is 1. The lowest BCUT2D eigenvalue weighted by Gasteiger charge is -2.30. The molecule has 162 valence electrons. The summed E-state index contributed by atoms with van der Waals surface area (Å²) in [7, 11) is 0. The van der Waals surface area contributed by atoms with Gasteiger partial charge in [0.05, 0.1) is 23.3 Å². The molecule has 2 aromatic carbocycles. The quantitative estimate of drug-likeness (QED) is 0.691. The fourth-order valence-electron chi connectivity index (χ4n) is 4.81. The van der Waals surface area contributed by atoms with E-state index in [1.54, 1.807) is 12.1 Å². The van der Waals surface area contributed by atoms with Gasteiger partial charge in [-0.05, 0) is 85.5 Å². The van der Waals surface area contributed by atoms with Gasteiger partial charge in [0.2, 0.25) is 5.91 Å². The summed E-state index contributed by atoms with van der Waals surface area (Å²) in [5, 5.41) is 21.4. The second-order valence-electron chi connectivity index (χ2n) is 8.85. The fourth-order valence-corrected chi connectivity index (χ4v) is 4.81. The Bertz CT molecular complexity index is 1080. The van der Waals surface area contributed by atoms with E-state index in [2.05, 4.69) is 28.4 Å². The third-order valence-corrected chi connectivity index (χ3v) is 6.67. The lowest BCUT2D eigenvalue weighted by atomic mass is 9.84. The van der Waals surface area contributed by atoms with Crippen LogP contribution in [0.3, 0.4) is 0 Å². The van der Waals surface area contributed by atoms with Crippen LogP contribution in [0.15, 0.2) is 48.5 Å². The minimum absolute atomic E-state index is 0.0900. The number of nitrogens with zero attached hydrogens (tertiary/aromatic N) is 3. The van der Waals surface area contributed by atoms with Crippen molar-refractivity contribution in [2.75, 3.05) is 6.54 Å². The number of fused-ring (bicyclic) bond motifs is 1. The van der Waals surface area contributed by atoms with Crippen LogP contribution in [0.5, 0.6) is 0 Å². The van der Waals surface area contributed by atoms with E-state index in [-0.39, 0.29) is 11.9 Å². The van der Waals surface area contributed by atoms with E-state index in [1.807, 2.05) is 30.3 Å². The lowest BCUT2D eigenvalue weighted by molar-refractivity contribution is -0.117. The van der Waals surface area contributed by atoms with Crippen molar-refractivity contribution in [3.63, 3.8) is 0 Å². The zero-order valence-corrected chi connectivity index (χ0v) is 18.3.